The maximum atomic E-state index is 13.4. The predicted molar refractivity (Wildman–Crippen MR) is 189 cm³/mol. The number of carboxylic acids is 1. The summed E-state index contributed by atoms with van der Waals surface area (Å²) in [6.07, 6.45) is 5.10. The molecule has 13 heteroatoms. The summed E-state index contributed by atoms with van der Waals surface area (Å²) in [4.78, 5) is 43.4. The number of carbonyl (C=O) groups is 1. The van der Waals surface area contributed by atoms with Crippen molar-refractivity contribution in [1.29, 1.82) is 0 Å². The Hall–Kier alpha value is -5.04. The highest BCUT2D eigenvalue weighted by atomic mass is 35.5. The van der Waals surface area contributed by atoms with Gasteiger partial charge in [0.25, 0.3) is 5.56 Å². The minimum atomic E-state index is -0.995. The second-order valence-corrected chi connectivity index (χ2v) is 12.9. The van der Waals surface area contributed by atoms with Crippen LogP contribution in [0.1, 0.15) is 46.9 Å². The number of piperazine rings is 1. The van der Waals surface area contributed by atoms with Crippen molar-refractivity contribution in [3.05, 3.63) is 111 Å². The number of halogens is 1. The zero-order chi connectivity index (χ0) is 34.3. The number of anilines is 3. The molecule has 1 fully saturated rings. The van der Waals surface area contributed by atoms with E-state index >= 15 is 0 Å². The highest BCUT2D eigenvalue weighted by Gasteiger charge is 2.37. The number of pyridine rings is 1. The van der Waals surface area contributed by atoms with Crippen LogP contribution in [0.4, 0.5) is 17.3 Å². The number of carboxylic acid groups (broad SMARTS) is 1. The summed E-state index contributed by atoms with van der Waals surface area (Å²) < 4.78 is 3.21. The Morgan fingerprint density at radius 1 is 1.08 bits per heavy atom. The van der Waals surface area contributed by atoms with Crippen LogP contribution in [0.15, 0.2) is 78.2 Å². The van der Waals surface area contributed by atoms with E-state index in [1.54, 1.807) is 22.9 Å². The molecule has 0 spiro atoms. The van der Waals surface area contributed by atoms with Gasteiger partial charge >= 0.3 is 5.97 Å². The van der Waals surface area contributed by atoms with Crippen LogP contribution < -0.4 is 15.8 Å². The molecule has 1 saturated heterocycles. The van der Waals surface area contributed by atoms with Crippen molar-refractivity contribution in [1.82, 2.24) is 29.2 Å². The molecular formula is C36H37ClN8O4. The van der Waals surface area contributed by atoms with Gasteiger partial charge in [0, 0.05) is 55.3 Å². The summed E-state index contributed by atoms with van der Waals surface area (Å²) in [5.41, 5.74) is 3.81. The Labute approximate surface area is 287 Å². The molecule has 2 aliphatic rings. The Bertz CT molecular complexity index is 2120. The molecule has 4 heterocycles. The molecule has 49 heavy (non-hydrogen) atoms. The number of fused-ring (bicyclic) bond motifs is 2. The molecular weight excluding hydrogens is 644 g/mol. The van der Waals surface area contributed by atoms with E-state index in [0.717, 1.165) is 55.1 Å². The van der Waals surface area contributed by atoms with Crippen LogP contribution in [0.3, 0.4) is 0 Å². The van der Waals surface area contributed by atoms with Crippen molar-refractivity contribution in [2.75, 3.05) is 36.4 Å². The SMILES string of the molecule is C=CCn1c(=O)c2cnc(Nc3ccc(N4CCN(Cc5ccc(C(=O)O)cc5Cl)CC4)cc3)nc2n1-c1ccc2c(n1)[C@@](O)(CC)CC2. The van der Waals surface area contributed by atoms with Gasteiger partial charge in [-0.15, -0.1) is 6.58 Å². The first kappa shape index (κ1) is 32.5. The zero-order valence-corrected chi connectivity index (χ0v) is 27.9. The first-order valence-electron chi connectivity index (χ1n) is 16.4. The van der Waals surface area contributed by atoms with Crippen LogP contribution in [0.5, 0.6) is 0 Å². The predicted octanol–water partition coefficient (Wildman–Crippen LogP) is 5.12. The molecule has 0 amide bonds. The summed E-state index contributed by atoms with van der Waals surface area (Å²) in [6.45, 7) is 10.0. The standard InChI is InChI=1S/C36H37ClN8O4/c1-3-15-44-33(46)28-21-38-35(41-32(28)45(44)30-12-7-23-13-14-36(49,4-2)31(23)40-30)39-26-8-10-27(11-9-26)43-18-16-42(17-19-43)22-25-6-5-24(34(47)48)20-29(25)37/h3,5-12,20-21,49H,1,4,13-19,22H2,2H3,(H,47,48)(H,38,39,41)/t36-/m1/s1. The van der Waals surface area contributed by atoms with Gasteiger partial charge in [0.2, 0.25) is 5.95 Å². The fraction of sp³-hybridized carbons (Fsp3) is 0.306. The molecule has 1 aliphatic carbocycles. The van der Waals surface area contributed by atoms with Crippen LogP contribution >= 0.6 is 11.6 Å². The van der Waals surface area contributed by atoms with Crippen molar-refractivity contribution in [2.24, 2.45) is 0 Å². The van der Waals surface area contributed by atoms with Gasteiger partial charge in [-0.3, -0.25) is 9.69 Å². The number of benzene rings is 2. The number of aromatic carboxylic acids is 1. The number of aryl methyl sites for hydroxylation is 1. The minimum Gasteiger partial charge on any atom is -0.478 e. The number of hydrogen-bond acceptors (Lipinski definition) is 9. The van der Waals surface area contributed by atoms with Crippen molar-refractivity contribution < 1.29 is 15.0 Å². The van der Waals surface area contributed by atoms with E-state index in [-0.39, 0.29) is 17.7 Å². The van der Waals surface area contributed by atoms with E-state index in [9.17, 15) is 19.8 Å². The first-order chi connectivity index (χ1) is 23.7. The van der Waals surface area contributed by atoms with Crippen LogP contribution in [-0.4, -0.2) is 71.6 Å². The molecule has 1 aliphatic heterocycles. The Morgan fingerprint density at radius 3 is 2.55 bits per heavy atom. The lowest BCUT2D eigenvalue weighted by molar-refractivity contribution is 0.0305. The third kappa shape index (κ3) is 6.18. The second kappa shape index (κ2) is 13.1. The third-order valence-electron chi connectivity index (χ3n) is 9.55. The lowest BCUT2D eigenvalue weighted by Gasteiger charge is -2.36. The molecule has 2 aromatic carbocycles. The van der Waals surface area contributed by atoms with Crippen LogP contribution in [0, 0.1) is 0 Å². The molecule has 3 aromatic heterocycles. The van der Waals surface area contributed by atoms with Gasteiger partial charge in [-0.25, -0.2) is 24.1 Å². The quantitative estimate of drug-likeness (QED) is 0.170. The first-order valence-corrected chi connectivity index (χ1v) is 16.7. The number of nitrogens with zero attached hydrogens (tertiary/aromatic N) is 7. The molecule has 12 nitrogen and oxygen atoms in total. The van der Waals surface area contributed by atoms with E-state index < -0.39 is 11.6 Å². The molecule has 0 unspecified atom stereocenters. The van der Waals surface area contributed by atoms with Gasteiger partial charge < -0.3 is 20.4 Å². The van der Waals surface area contributed by atoms with E-state index in [1.807, 2.05) is 31.2 Å². The topological polar surface area (TPSA) is 142 Å². The fourth-order valence-corrected chi connectivity index (χ4v) is 6.95. The van der Waals surface area contributed by atoms with Gasteiger partial charge in [-0.1, -0.05) is 36.7 Å². The van der Waals surface area contributed by atoms with Crippen LogP contribution in [0.2, 0.25) is 5.02 Å². The van der Waals surface area contributed by atoms with Crippen LogP contribution in [-0.2, 0) is 25.1 Å². The van der Waals surface area contributed by atoms with E-state index in [4.69, 9.17) is 21.6 Å². The highest BCUT2D eigenvalue weighted by molar-refractivity contribution is 6.31. The van der Waals surface area contributed by atoms with E-state index in [1.165, 1.54) is 16.9 Å². The average molecular weight is 681 g/mol. The Kier molecular flexibility index (Phi) is 8.70. The minimum absolute atomic E-state index is 0.185. The zero-order valence-electron chi connectivity index (χ0n) is 27.1. The Morgan fingerprint density at radius 2 is 1.86 bits per heavy atom. The van der Waals surface area contributed by atoms with Gasteiger partial charge in [0.05, 0.1) is 17.8 Å². The van der Waals surface area contributed by atoms with Crippen LogP contribution in [0.25, 0.3) is 16.9 Å². The number of hydrogen-bond donors (Lipinski definition) is 3. The van der Waals surface area contributed by atoms with Crippen molar-refractivity contribution in [3.63, 3.8) is 0 Å². The van der Waals surface area contributed by atoms with E-state index in [0.29, 0.717) is 52.9 Å². The number of allylic oxidation sites excluding steroid dienone is 1. The Balaban J connectivity index is 1.07. The summed E-state index contributed by atoms with van der Waals surface area (Å²) >= 11 is 6.36. The highest BCUT2D eigenvalue weighted by Crippen LogP contribution is 2.38. The summed E-state index contributed by atoms with van der Waals surface area (Å²) in [5, 5.41) is 24.5. The smallest absolute Gasteiger partial charge is 0.335 e. The fourth-order valence-electron chi connectivity index (χ4n) is 6.71. The number of aromatic nitrogens is 5. The van der Waals surface area contributed by atoms with Gasteiger partial charge in [-0.05, 0) is 72.9 Å². The van der Waals surface area contributed by atoms with Gasteiger partial charge in [-0.2, -0.15) is 4.98 Å². The molecule has 0 radical (unpaired) electrons. The molecule has 7 rings (SSSR count). The summed E-state index contributed by atoms with van der Waals surface area (Å²) in [5.74, 6) is -0.161. The molecule has 3 N–H and O–H groups in total. The average Bonchev–Trinajstić information content (AvgIpc) is 3.59. The summed E-state index contributed by atoms with van der Waals surface area (Å²) in [6, 6.07) is 16.8. The van der Waals surface area contributed by atoms with Gasteiger partial charge in [0.1, 0.15) is 11.0 Å². The summed E-state index contributed by atoms with van der Waals surface area (Å²) in [7, 11) is 0. The lowest BCUT2D eigenvalue weighted by atomic mass is 9.98. The normalized spacial score (nSPS) is 17.7. The molecule has 0 saturated carbocycles. The maximum absolute atomic E-state index is 13.4. The second-order valence-electron chi connectivity index (χ2n) is 12.5. The third-order valence-corrected chi connectivity index (χ3v) is 9.90. The number of rotatable bonds is 10. The monoisotopic (exact) mass is 680 g/mol. The molecule has 252 valence electrons. The molecule has 5 aromatic rings. The van der Waals surface area contributed by atoms with Crippen molar-refractivity contribution in [2.45, 2.75) is 44.9 Å². The molecule has 0 bridgehead atoms. The number of aliphatic hydroxyl groups is 1. The number of nitrogens with one attached hydrogen (secondary N) is 1. The van der Waals surface area contributed by atoms with Crippen molar-refractivity contribution >= 4 is 45.9 Å². The molecule has 1 atom stereocenters. The maximum Gasteiger partial charge on any atom is 0.335 e. The van der Waals surface area contributed by atoms with E-state index in [2.05, 4.69) is 38.8 Å². The largest absolute Gasteiger partial charge is 0.478 e. The van der Waals surface area contributed by atoms with Gasteiger partial charge in [0.15, 0.2) is 11.5 Å². The lowest BCUT2D eigenvalue weighted by Crippen LogP contribution is -2.46. The van der Waals surface area contributed by atoms with Crippen molar-refractivity contribution in [3.8, 4) is 5.82 Å².